The highest BCUT2D eigenvalue weighted by molar-refractivity contribution is 5.02. The molecule has 0 aromatic heterocycles. The summed E-state index contributed by atoms with van der Waals surface area (Å²) >= 11 is 0. The summed E-state index contributed by atoms with van der Waals surface area (Å²) in [6.07, 6.45) is 12.8. The Balaban J connectivity index is 1.65. The molecule has 2 heteroatoms. The van der Waals surface area contributed by atoms with Gasteiger partial charge in [0.25, 0.3) is 0 Å². The van der Waals surface area contributed by atoms with E-state index in [1.165, 1.54) is 57.8 Å². The third-order valence-corrected chi connectivity index (χ3v) is 6.11. The van der Waals surface area contributed by atoms with Gasteiger partial charge in [-0.25, -0.2) is 0 Å². The number of rotatable bonds is 2. The van der Waals surface area contributed by atoms with Crippen LogP contribution in [0.3, 0.4) is 0 Å². The Hall–Kier alpha value is -0.0800. The maximum absolute atomic E-state index is 6.73. The van der Waals surface area contributed by atoms with Crippen LogP contribution in [0.25, 0.3) is 0 Å². The molecule has 2 atom stereocenters. The van der Waals surface area contributed by atoms with Gasteiger partial charge in [0.1, 0.15) is 0 Å². The minimum atomic E-state index is 0.118. The van der Waals surface area contributed by atoms with Crippen LogP contribution in [0.15, 0.2) is 0 Å². The van der Waals surface area contributed by atoms with Crippen molar-refractivity contribution in [1.82, 2.24) is 5.32 Å². The second kappa shape index (κ2) is 5.37. The molecule has 0 aromatic carbocycles. The molecule has 0 amide bonds. The van der Waals surface area contributed by atoms with Gasteiger partial charge < -0.3 is 10.1 Å². The average Bonchev–Trinajstić information content (AvgIpc) is 2.87. The van der Waals surface area contributed by atoms with Gasteiger partial charge in [0.15, 0.2) is 0 Å². The largest absolute Gasteiger partial charge is 0.369 e. The van der Waals surface area contributed by atoms with E-state index in [9.17, 15) is 0 Å². The Labute approximate surface area is 118 Å². The Morgan fingerprint density at radius 2 is 1.79 bits per heavy atom. The molecule has 1 heterocycles. The van der Waals surface area contributed by atoms with Crippen molar-refractivity contribution in [2.24, 2.45) is 11.3 Å². The van der Waals surface area contributed by atoms with Gasteiger partial charge in [0.2, 0.25) is 0 Å². The number of nitrogens with one attached hydrogen (secondary N) is 1. The third kappa shape index (κ3) is 2.71. The third-order valence-electron chi connectivity index (χ3n) is 6.11. The Morgan fingerprint density at radius 1 is 1.05 bits per heavy atom. The molecule has 0 bridgehead atoms. The molecule has 3 aliphatic rings. The molecule has 2 nitrogen and oxygen atoms in total. The quantitative estimate of drug-likeness (QED) is 0.818. The van der Waals surface area contributed by atoms with Crippen LogP contribution in [-0.4, -0.2) is 24.8 Å². The molecule has 2 saturated carbocycles. The van der Waals surface area contributed by atoms with Gasteiger partial charge >= 0.3 is 0 Å². The summed E-state index contributed by atoms with van der Waals surface area (Å²) in [4.78, 5) is 0. The molecule has 0 aromatic rings. The van der Waals surface area contributed by atoms with Crippen LogP contribution >= 0.6 is 0 Å². The van der Waals surface area contributed by atoms with Crippen LogP contribution in [0.2, 0.25) is 0 Å². The standard InChI is InChI=1S/C17H31NO/c1-16(2)9-5-6-10-17(16)13-18-12-15(19-17)11-14-7-3-4-8-14/h14-15,18H,3-13H2,1-2H3. The summed E-state index contributed by atoms with van der Waals surface area (Å²) in [5.41, 5.74) is 0.458. The summed E-state index contributed by atoms with van der Waals surface area (Å²) in [5, 5.41) is 3.70. The van der Waals surface area contributed by atoms with Crippen molar-refractivity contribution in [3.05, 3.63) is 0 Å². The number of morpholine rings is 1. The van der Waals surface area contributed by atoms with Gasteiger partial charge in [-0.15, -0.1) is 0 Å². The van der Waals surface area contributed by atoms with Gasteiger partial charge in [-0.2, -0.15) is 0 Å². The molecule has 110 valence electrons. The lowest BCUT2D eigenvalue weighted by molar-refractivity contribution is -0.196. The van der Waals surface area contributed by atoms with Crippen LogP contribution in [0.5, 0.6) is 0 Å². The lowest BCUT2D eigenvalue weighted by atomic mass is 9.64. The summed E-state index contributed by atoms with van der Waals surface area (Å²) in [6.45, 7) is 6.99. The van der Waals surface area contributed by atoms with E-state index in [1.54, 1.807) is 0 Å². The van der Waals surface area contributed by atoms with E-state index in [0.29, 0.717) is 11.5 Å². The highest BCUT2D eigenvalue weighted by atomic mass is 16.5. The molecular weight excluding hydrogens is 234 g/mol. The Kier molecular flexibility index (Phi) is 3.92. The second-order valence-corrected chi connectivity index (χ2v) is 7.84. The zero-order chi connectivity index (χ0) is 13.3. The number of ether oxygens (including phenoxy) is 1. The predicted molar refractivity (Wildman–Crippen MR) is 79.3 cm³/mol. The first kappa shape index (κ1) is 13.9. The van der Waals surface area contributed by atoms with E-state index in [0.717, 1.165) is 19.0 Å². The molecule has 3 fully saturated rings. The van der Waals surface area contributed by atoms with Crippen LogP contribution in [-0.2, 0) is 4.74 Å². The van der Waals surface area contributed by atoms with Crippen molar-refractivity contribution in [3.8, 4) is 0 Å². The normalized spacial score (nSPS) is 39.8. The minimum Gasteiger partial charge on any atom is -0.369 e. The zero-order valence-corrected chi connectivity index (χ0v) is 12.8. The summed E-state index contributed by atoms with van der Waals surface area (Å²) in [6, 6.07) is 0. The fourth-order valence-electron chi connectivity index (χ4n) is 4.68. The van der Waals surface area contributed by atoms with Crippen LogP contribution in [0.4, 0.5) is 0 Å². The van der Waals surface area contributed by atoms with Gasteiger partial charge in [-0.1, -0.05) is 52.4 Å². The van der Waals surface area contributed by atoms with E-state index < -0.39 is 0 Å². The molecular formula is C17H31NO. The SMILES string of the molecule is CC1(C)CCCCC12CNCC(CC1CCCC1)O2. The zero-order valence-electron chi connectivity index (χ0n) is 12.8. The van der Waals surface area contributed by atoms with Gasteiger partial charge in [-0.05, 0) is 30.6 Å². The fourth-order valence-corrected chi connectivity index (χ4v) is 4.68. The lowest BCUT2D eigenvalue weighted by Crippen LogP contribution is -2.62. The van der Waals surface area contributed by atoms with Crippen molar-refractivity contribution in [2.45, 2.75) is 83.3 Å². The summed E-state index contributed by atoms with van der Waals surface area (Å²) in [5.74, 6) is 0.939. The van der Waals surface area contributed by atoms with Crippen molar-refractivity contribution in [1.29, 1.82) is 0 Å². The maximum atomic E-state index is 6.73. The lowest BCUT2D eigenvalue weighted by Gasteiger charge is -2.54. The van der Waals surface area contributed by atoms with E-state index in [4.69, 9.17) is 4.74 Å². The molecule has 1 N–H and O–H groups in total. The van der Waals surface area contributed by atoms with Gasteiger partial charge in [-0.3, -0.25) is 0 Å². The molecule has 2 aliphatic carbocycles. The monoisotopic (exact) mass is 265 g/mol. The minimum absolute atomic E-state index is 0.118. The summed E-state index contributed by atoms with van der Waals surface area (Å²) < 4.78 is 6.73. The first-order valence-corrected chi connectivity index (χ1v) is 8.50. The van der Waals surface area contributed by atoms with Gasteiger partial charge in [0, 0.05) is 13.1 Å². The first-order chi connectivity index (χ1) is 9.11. The van der Waals surface area contributed by atoms with Gasteiger partial charge in [0.05, 0.1) is 11.7 Å². The smallest absolute Gasteiger partial charge is 0.0861 e. The molecule has 1 aliphatic heterocycles. The average molecular weight is 265 g/mol. The van der Waals surface area contributed by atoms with E-state index in [1.807, 2.05) is 0 Å². The van der Waals surface area contributed by atoms with Crippen molar-refractivity contribution >= 4 is 0 Å². The van der Waals surface area contributed by atoms with E-state index in [2.05, 4.69) is 19.2 Å². The first-order valence-electron chi connectivity index (χ1n) is 8.50. The molecule has 2 unspecified atom stereocenters. The molecule has 1 saturated heterocycles. The van der Waals surface area contributed by atoms with Crippen LogP contribution in [0, 0.1) is 11.3 Å². The fraction of sp³-hybridized carbons (Fsp3) is 1.00. The molecule has 19 heavy (non-hydrogen) atoms. The molecule has 1 spiro atoms. The predicted octanol–water partition coefficient (Wildman–Crippen LogP) is 3.89. The molecule has 0 radical (unpaired) electrons. The Bertz CT molecular complexity index is 304. The van der Waals surface area contributed by atoms with E-state index >= 15 is 0 Å². The highest BCUT2D eigenvalue weighted by Gasteiger charge is 2.50. The maximum Gasteiger partial charge on any atom is 0.0861 e. The summed E-state index contributed by atoms with van der Waals surface area (Å²) in [7, 11) is 0. The van der Waals surface area contributed by atoms with Crippen molar-refractivity contribution < 1.29 is 4.74 Å². The Morgan fingerprint density at radius 3 is 2.53 bits per heavy atom. The van der Waals surface area contributed by atoms with Crippen molar-refractivity contribution in [3.63, 3.8) is 0 Å². The van der Waals surface area contributed by atoms with Crippen LogP contribution < -0.4 is 5.32 Å². The van der Waals surface area contributed by atoms with E-state index in [-0.39, 0.29) is 5.60 Å². The highest BCUT2D eigenvalue weighted by Crippen LogP contribution is 2.48. The topological polar surface area (TPSA) is 21.3 Å². The van der Waals surface area contributed by atoms with Crippen LogP contribution in [0.1, 0.15) is 71.6 Å². The van der Waals surface area contributed by atoms with Crippen molar-refractivity contribution in [2.75, 3.05) is 13.1 Å². The number of hydrogen-bond acceptors (Lipinski definition) is 2. The molecule has 3 rings (SSSR count). The number of hydrogen-bond donors (Lipinski definition) is 1. The second-order valence-electron chi connectivity index (χ2n) is 7.84.